The van der Waals surface area contributed by atoms with Gasteiger partial charge in [-0.3, -0.25) is 0 Å². The van der Waals surface area contributed by atoms with Crippen molar-refractivity contribution in [2.45, 2.75) is 35.8 Å². The number of hydrogen-bond acceptors (Lipinski definition) is 0. The van der Waals surface area contributed by atoms with E-state index in [9.17, 15) is 79.0 Å². The Balaban J connectivity index is 0.00000900. The molecule has 0 fully saturated rings. The second kappa shape index (κ2) is 8.07. The van der Waals surface area contributed by atoms with E-state index in [4.69, 9.17) is 0 Å². The van der Waals surface area contributed by atoms with E-state index in [1.54, 1.807) is 0 Å². The van der Waals surface area contributed by atoms with Gasteiger partial charge < -0.3 is 0 Å². The van der Waals surface area contributed by atoms with Gasteiger partial charge in [-0.15, -0.1) is 0 Å². The van der Waals surface area contributed by atoms with Crippen molar-refractivity contribution in [2.24, 2.45) is 0 Å². The molecule has 0 saturated heterocycles. The van der Waals surface area contributed by atoms with Gasteiger partial charge in [-0.05, 0) is 0 Å². The summed E-state index contributed by atoms with van der Waals surface area (Å²) in [5, 5.41) is 0. The van der Waals surface area contributed by atoms with Gasteiger partial charge in [0.2, 0.25) is 5.82 Å². The summed E-state index contributed by atoms with van der Waals surface area (Å²) in [5.41, 5.74) is -4.19. The molecule has 1 rings (SSSR count). The van der Waals surface area contributed by atoms with E-state index >= 15 is 0 Å². The van der Waals surface area contributed by atoms with Crippen molar-refractivity contribution < 1.29 is 79.0 Å². The molecule has 0 aromatic heterocycles. The van der Waals surface area contributed by atoms with Gasteiger partial charge in [0.25, 0.3) is 0 Å². The molecule has 0 unspecified atom stereocenters. The van der Waals surface area contributed by atoms with Crippen LogP contribution < -0.4 is 0 Å². The van der Waals surface area contributed by atoms with E-state index in [0.29, 0.717) is 0 Å². The predicted molar refractivity (Wildman–Crippen MR) is 61.7 cm³/mol. The average Bonchev–Trinajstić information content (AvgIpc) is 2.56. The zero-order valence-corrected chi connectivity index (χ0v) is 15.8. The molecule has 0 amide bonds. The quantitative estimate of drug-likeness (QED) is 0.192. The topological polar surface area (TPSA) is 0 Å². The summed E-state index contributed by atoms with van der Waals surface area (Å²) in [6.45, 7) is 0. The molecule has 0 aliphatic heterocycles. The van der Waals surface area contributed by atoms with Crippen molar-refractivity contribution in [3.8, 4) is 0 Å². The molecule has 31 heavy (non-hydrogen) atoms. The zero-order valence-electron chi connectivity index (χ0n) is 13.8. The Labute approximate surface area is 179 Å². The molecule has 0 nitrogen and oxygen atoms in total. The molecule has 0 bridgehead atoms. The first-order valence-corrected chi connectivity index (χ1v) is 6.40. The van der Waals surface area contributed by atoms with E-state index in [1.807, 2.05) is 0 Å². The number of benzene rings is 1. The Kier molecular flexibility index (Phi) is 7.80. The Morgan fingerprint density at radius 3 is 0.903 bits per heavy atom. The third kappa shape index (κ3) is 3.85. The van der Waals surface area contributed by atoms with Crippen LogP contribution in [0.1, 0.15) is 5.56 Å². The smallest absolute Gasteiger partial charge is 0.203 e. The van der Waals surface area contributed by atoms with Crippen LogP contribution in [0.4, 0.5) is 79.0 Å². The van der Waals surface area contributed by atoms with Crippen molar-refractivity contribution in [1.29, 1.82) is 0 Å². The normalized spacial score (nSPS) is 14.5. The fourth-order valence-corrected chi connectivity index (χ4v) is 1.81. The first-order valence-electron chi connectivity index (χ1n) is 6.40. The maximum Gasteiger partial charge on any atom is 0.460 e. The number of halogens is 18. The van der Waals surface area contributed by atoms with E-state index in [1.165, 1.54) is 0 Å². The van der Waals surface area contributed by atoms with Crippen LogP contribution in [0.5, 0.6) is 0 Å². The van der Waals surface area contributed by atoms with Crippen LogP contribution in [-0.2, 0) is 5.92 Å². The minimum atomic E-state index is -8.47. The van der Waals surface area contributed by atoms with Crippen LogP contribution in [-0.4, -0.2) is 59.4 Å². The minimum Gasteiger partial charge on any atom is -0.203 e. The van der Waals surface area contributed by atoms with Gasteiger partial charge >= 0.3 is 35.8 Å². The third-order valence-corrected chi connectivity index (χ3v) is 3.46. The Hall–Kier alpha value is -1.04. The maximum absolute atomic E-state index is 13.6. The number of alkyl halides is 13. The van der Waals surface area contributed by atoms with Crippen molar-refractivity contribution in [2.75, 3.05) is 0 Å². The predicted octanol–water partition coefficient (Wildman–Crippen LogP) is 6.20. The van der Waals surface area contributed by atoms with Crippen molar-refractivity contribution in [3.05, 3.63) is 34.6 Å². The van der Waals surface area contributed by atoms with Gasteiger partial charge in [0.1, 0.15) is 5.56 Å². The first-order chi connectivity index (χ1) is 12.9. The minimum absolute atomic E-state index is 0. The number of hydrogen-bond donors (Lipinski definition) is 0. The molecule has 19 heteroatoms. The fourth-order valence-electron chi connectivity index (χ4n) is 1.81. The van der Waals surface area contributed by atoms with E-state index < -0.39 is 70.4 Å². The summed E-state index contributed by atoms with van der Waals surface area (Å²) < 4.78 is 233. The molecule has 175 valence electrons. The third-order valence-electron chi connectivity index (χ3n) is 3.46. The van der Waals surface area contributed by atoms with E-state index in [0.717, 1.165) is 0 Å². The zero-order chi connectivity index (χ0) is 24.5. The van der Waals surface area contributed by atoms with Crippen LogP contribution in [0.2, 0.25) is 0 Å². The summed E-state index contributed by atoms with van der Waals surface area (Å²) in [7, 11) is 0. The molecule has 0 aliphatic rings. The maximum atomic E-state index is 13.6. The summed E-state index contributed by atoms with van der Waals surface area (Å²) in [6, 6.07) is 0. The molecule has 0 N–H and O–H groups in total. The van der Waals surface area contributed by atoms with Crippen molar-refractivity contribution in [3.63, 3.8) is 0 Å². The van der Waals surface area contributed by atoms with Gasteiger partial charge in [-0.2, -0.15) is 57.1 Å². The van der Waals surface area contributed by atoms with Crippen molar-refractivity contribution in [1.82, 2.24) is 0 Å². The molecule has 0 saturated carbocycles. The van der Waals surface area contributed by atoms with Gasteiger partial charge in [0.15, 0.2) is 23.3 Å². The standard InChI is InChI=1S/C12F18.Na/c13-2-1(3(14)5(16)6(17)4(2)15)7(18,19)8(20,21)9(22,23)10(24,25)11(26,27)12(28,29)30;. The summed E-state index contributed by atoms with van der Waals surface area (Å²) >= 11 is 0. The monoisotopic (exact) mass is 509 g/mol. The summed E-state index contributed by atoms with van der Waals surface area (Å²) in [5.74, 6) is -59.1. The Morgan fingerprint density at radius 1 is 0.355 bits per heavy atom. The Morgan fingerprint density at radius 2 is 0.613 bits per heavy atom. The van der Waals surface area contributed by atoms with E-state index in [2.05, 4.69) is 0 Å². The van der Waals surface area contributed by atoms with Gasteiger partial charge in [0, 0.05) is 29.6 Å². The molecule has 0 aliphatic carbocycles. The van der Waals surface area contributed by atoms with Crippen LogP contribution in [0.15, 0.2) is 0 Å². The van der Waals surface area contributed by atoms with E-state index in [-0.39, 0.29) is 29.6 Å². The van der Waals surface area contributed by atoms with Crippen LogP contribution in [0.25, 0.3) is 0 Å². The molecule has 1 radical (unpaired) electrons. The molecular formula is C12F18Na. The second-order valence-corrected chi connectivity index (χ2v) is 5.31. The van der Waals surface area contributed by atoms with Crippen LogP contribution in [0.3, 0.4) is 0 Å². The molecule has 0 spiro atoms. The van der Waals surface area contributed by atoms with Crippen LogP contribution in [0, 0.1) is 29.1 Å². The summed E-state index contributed by atoms with van der Waals surface area (Å²) in [4.78, 5) is 0. The SMILES string of the molecule is Fc1c(F)c(F)c(C(F)(F)C(F)(F)C(F)(F)C(F)(F)C(F)(F)C(F)(F)F)c(F)c1F.[Na]. The fraction of sp³-hybridized carbons (Fsp3) is 0.500. The molecular weight excluding hydrogens is 509 g/mol. The van der Waals surface area contributed by atoms with Gasteiger partial charge in [-0.1, -0.05) is 0 Å². The number of rotatable bonds is 5. The molecule has 1 aromatic carbocycles. The van der Waals surface area contributed by atoms with Crippen molar-refractivity contribution >= 4 is 29.6 Å². The molecule has 0 atom stereocenters. The van der Waals surface area contributed by atoms with Gasteiger partial charge in [0.05, 0.1) is 0 Å². The largest absolute Gasteiger partial charge is 0.460 e. The molecule has 1 aromatic rings. The Bertz CT molecular complexity index is 808. The first kappa shape index (κ1) is 30.0. The second-order valence-electron chi connectivity index (χ2n) is 5.31. The summed E-state index contributed by atoms with van der Waals surface area (Å²) in [6.07, 6.45) is -7.74. The van der Waals surface area contributed by atoms with Gasteiger partial charge in [-0.25, -0.2) is 22.0 Å². The van der Waals surface area contributed by atoms with Crippen LogP contribution >= 0.6 is 0 Å². The molecule has 0 heterocycles. The average molecular weight is 509 g/mol.